The standard InChI is InChI=1S/C23H15Cl3O3S/c1-28-19-9-13(10-21-22(27)16-4-2-3-5-20(16)30-21)8-18(26)23(19)29-12-14-6-7-15(24)11-17(14)25/h2-11H,12H2,1H3/b21-10-. The third-order valence-corrected chi connectivity index (χ3v) is 6.48. The molecule has 0 saturated carbocycles. The van der Waals surface area contributed by atoms with Crippen molar-refractivity contribution in [1.29, 1.82) is 0 Å². The molecule has 3 aromatic rings. The molecule has 4 rings (SSSR count). The normalized spacial score (nSPS) is 14.1. The second kappa shape index (κ2) is 8.94. The van der Waals surface area contributed by atoms with Gasteiger partial charge in [-0.05, 0) is 48.0 Å². The van der Waals surface area contributed by atoms with Crippen LogP contribution in [-0.4, -0.2) is 12.9 Å². The first-order valence-corrected chi connectivity index (χ1v) is 10.9. The number of carbonyl (C=O) groups is 1. The Morgan fingerprint density at radius 1 is 1.00 bits per heavy atom. The summed E-state index contributed by atoms with van der Waals surface area (Å²) in [7, 11) is 1.54. The topological polar surface area (TPSA) is 35.5 Å². The number of fused-ring (bicyclic) bond motifs is 1. The number of ketones is 1. The monoisotopic (exact) mass is 476 g/mol. The lowest BCUT2D eigenvalue weighted by Crippen LogP contribution is -2.00. The van der Waals surface area contributed by atoms with Gasteiger partial charge in [0, 0.05) is 26.1 Å². The van der Waals surface area contributed by atoms with Crippen molar-refractivity contribution < 1.29 is 14.3 Å². The van der Waals surface area contributed by atoms with Crippen molar-refractivity contribution in [3.63, 3.8) is 0 Å². The Morgan fingerprint density at radius 2 is 1.80 bits per heavy atom. The molecule has 0 saturated heterocycles. The zero-order valence-corrected chi connectivity index (χ0v) is 18.8. The zero-order valence-electron chi connectivity index (χ0n) is 15.7. The lowest BCUT2D eigenvalue weighted by atomic mass is 10.1. The van der Waals surface area contributed by atoms with E-state index >= 15 is 0 Å². The summed E-state index contributed by atoms with van der Waals surface area (Å²) in [6.45, 7) is 0.205. The van der Waals surface area contributed by atoms with Gasteiger partial charge in [0.1, 0.15) is 6.61 Å². The largest absolute Gasteiger partial charge is 0.493 e. The molecule has 0 radical (unpaired) electrons. The maximum atomic E-state index is 12.6. The van der Waals surface area contributed by atoms with E-state index in [0.717, 1.165) is 16.0 Å². The molecule has 30 heavy (non-hydrogen) atoms. The summed E-state index contributed by atoms with van der Waals surface area (Å²) in [5.74, 6) is 0.872. The number of thioether (sulfide) groups is 1. The van der Waals surface area contributed by atoms with E-state index in [4.69, 9.17) is 44.3 Å². The summed E-state index contributed by atoms with van der Waals surface area (Å²) >= 11 is 20.1. The Bertz CT molecular complexity index is 1170. The van der Waals surface area contributed by atoms with E-state index in [-0.39, 0.29) is 12.4 Å². The molecule has 0 N–H and O–H groups in total. The van der Waals surface area contributed by atoms with Gasteiger partial charge >= 0.3 is 0 Å². The average molecular weight is 478 g/mol. The molecule has 1 aliphatic heterocycles. The van der Waals surface area contributed by atoms with Crippen LogP contribution in [0, 0.1) is 0 Å². The third kappa shape index (κ3) is 4.33. The summed E-state index contributed by atoms with van der Waals surface area (Å²) in [4.78, 5) is 14.2. The van der Waals surface area contributed by atoms with E-state index < -0.39 is 0 Å². The molecule has 3 nitrogen and oxygen atoms in total. The highest BCUT2D eigenvalue weighted by Crippen LogP contribution is 2.42. The van der Waals surface area contributed by atoms with Crippen LogP contribution in [0.4, 0.5) is 0 Å². The Labute approximate surface area is 193 Å². The predicted molar refractivity (Wildman–Crippen MR) is 123 cm³/mol. The van der Waals surface area contributed by atoms with Gasteiger partial charge in [-0.1, -0.05) is 64.8 Å². The Hall–Kier alpha value is -2.11. The molecular formula is C23H15Cl3O3S. The fraction of sp³-hybridized carbons (Fsp3) is 0.0870. The van der Waals surface area contributed by atoms with Crippen molar-refractivity contribution in [2.45, 2.75) is 11.5 Å². The van der Waals surface area contributed by atoms with E-state index in [1.807, 2.05) is 24.3 Å². The zero-order chi connectivity index (χ0) is 21.3. The molecule has 152 valence electrons. The third-order valence-electron chi connectivity index (χ3n) is 4.51. The van der Waals surface area contributed by atoms with E-state index in [0.29, 0.717) is 37.0 Å². The van der Waals surface area contributed by atoms with Crippen molar-refractivity contribution in [2.75, 3.05) is 7.11 Å². The van der Waals surface area contributed by atoms with Gasteiger partial charge in [0.05, 0.1) is 17.0 Å². The van der Waals surface area contributed by atoms with Crippen molar-refractivity contribution in [2.24, 2.45) is 0 Å². The van der Waals surface area contributed by atoms with E-state index in [9.17, 15) is 4.79 Å². The molecule has 7 heteroatoms. The summed E-state index contributed by atoms with van der Waals surface area (Å²) < 4.78 is 11.4. The van der Waals surface area contributed by atoms with Gasteiger partial charge in [-0.3, -0.25) is 4.79 Å². The van der Waals surface area contributed by atoms with Gasteiger partial charge in [0.2, 0.25) is 5.78 Å². The van der Waals surface area contributed by atoms with Crippen LogP contribution in [0.25, 0.3) is 6.08 Å². The highest BCUT2D eigenvalue weighted by molar-refractivity contribution is 8.04. The highest BCUT2D eigenvalue weighted by atomic mass is 35.5. The lowest BCUT2D eigenvalue weighted by Gasteiger charge is -2.14. The predicted octanol–water partition coefficient (Wildman–Crippen LogP) is 7.56. The molecule has 0 spiro atoms. The maximum absolute atomic E-state index is 12.6. The maximum Gasteiger partial charge on any atom is 0.200 e. The first-order valence-electron chi connectivity index (χ1n) is 8.94. The van der Waals surface area contributed by atoms with Gasteiger partial charge < -0.3 is 9.47 Å². The van der Waals surface area contributed by atoms with E-state index in [1.165, 1.54) is 18.9 Å². The number of benzene rings is 3. The molecule has 3 aromatic carbocycles. The molecule has 0 aromatic heterocycles. The number of halogens is 3. The van der Waals surface area contributed by atoms with Crippen LogP contribution in [0.1, 0.15) is 21.5 Å². The number of carbonyl (C=O) groups excluding carboxylic acids is 1. The fourth-order valence-corrected chi connectivity index (χ4v) is 4.83. The summed E-state index contributed by atoms with van der Waals surface area (Å²) in [6, 6.07) is 16.3. The average Bonchev–Trinajstić information content (AvgIpc) is 3.03. The van der Waals surface area contributed by atoms with Crippen molar-refractivity contribution >= 4 is 58.4 Å². The van der Waals surface area contributed by atoms with Crippen LogP contribution in [0.2, 0.25) is 15.1 Å². The number of hydrogen-bond acceptors (Lipinski definition) is 4. The minimum Gasteiger partial charge on any atom is -0.493 e. The molecule has 0 aliphatic carbocycles. The molecule has 0 atom stereocenters. The van der Waals surface area contributed by atoms with Crippen molar-refractivity contribution in [3.8, 4) is 11.5 Å². The minimum absolute atomic E-state index is 0.00314. The minimum atomic E-state index is 0.00314. The SMILES string of the molecule is COc1cc(/C=C2\Sc3ccccc3C2=O)cc(Cl)c1OCc1ccc(Cl)cc1Cl. The number of hydrogen-bond donors (Lipinski definition) is 0. The van der Waals surface area contributed by atoms with Crippen molar-refractivity contribution in [3.05, 3.63) is 91.3 Å². The molecule has 1 heterocycles. The Balaban J connectivity index is 1.59. The van der Waals surface area contributed by atoms with Crippen LogP contribution in [-0.2, 0) is 6.61 Å². The number of Topliss-reactive ketones (excluding diaryl/α,β-unsaturated/α-hetero) is 1. The lowest BCUT2D eigenvalue weighted by molar-refractivity contribution is 0.104. The van der Waals surface area contributed by atoms with Crippen LogP contribution in [0.5, 0.6) is 11.5 Å². The Kier molecular flexibility index (Phi) is 6.30. The summed E-state index contributed by atoms with van der Waals surface area (Å²) in [5, 5.41) is 1.44. The van der Waals surface area contributed by atoms with Crippen LogP contribution in [0.15, 0.2) is 64.4 Å². The molecule has 0 unspecified atom stereocenters. The number of allylic oxidation sites excluding steroid dienone is 1. The molecule has 0 amide bonds. The summed E-state index contributed by atoms with van der Waals surface area (Å²) in [6.07, 6.45) is 1.81. The van der Waals surface area contributed by atoms with Crippen LogP contribution < -0.4 is 9.47 Å². The molecular weight excluding hydrogens is 463 g/mol. The molecule has 0 bridgehead atoms. The highest BCUT2D eigenvalue weighted by Gasteiger charge is 2.25. The number of rotatable bonds is 5. The van der Waals surface area contributed by atoms with Crippen molar-refractivity contribution in [1.82, 2.24) is 0 Å². The number of ether oxygens (including phenoxy) is 2. The van der Waals surface area contributed by atoms with Crippen LogP contribution in [0.3, 0.4) is 0 Å². The van der Waals surface area contributed by atoms with Gasteiger partial charge in [0.25, 0.3) is 0 Å². The van der Waals surface area contributed by atoms with Gasteiger partial charge in [-0.15, -0.1) is 0 Å². The fourth-order valence-electron chi connectivity index (χ4n) is 3.04. The van der Waals surface area contributed by atoms with Crippen LogP contribution >= 0.6 is 46.6 Å². The quantitative estimate of drug-likeness (QED) is 0.355. The summed E-state index contributed by atoms with van der Waals surface area (Å²) in [5.41, 5.74) is 2.24. The first kappa shape index (κ1) is 21.1. The first-order chi connectivity index (χ1) is 14.5. The van der Waals surface area contributed by atoms with Gasteiger partial charge in [-0.2, -0.15) is 0 Å². The molecule has 0 fully saturated rings. The van der Waals surface area contributed by atoms with Gasteiger partial charge in [0.15, 0.2) is 11.5 Å². The number of methoxy groups -OCH3 is 1. The van der Waals surface area contributed by atoms with E-state index in [1.54, 1.807) is 36.4 Å². The van der Waals surface area contributed by atoms with E-state index in [2.05, 4.69) is 0 Å². The Morgan fingerprint density at radius 3 is 2.53 bits per heavy atom. The second-order valence-corrected chi connectivity index (χ2v) is 8.83. The molecule has 1 aliphatic rings. The van der Waals surface area contributed by atoms with Gasteiger partial charge in [-0.25, -0.2) is 0 Å². The second-order valence-electron chi connectivity index (χ2n) is 6.49. The smallest absolute Gasteiger partial charge is 0.200 e.